The fourth-order valence-corrected chi connectivity index (χ4v) is 2.04. The number of nitrogens with one attached hydrogen (secondary N) is 1. The number of aromatic nitrogens is 4. The molecule has 2 heterocycles. The van der Waals surface area contributed by atoms with Crippen LogP contribution < -0.4 is 5.32 Å². The first kappa shape index (κ1) is 13.7. The van der Waals surface area contributed by atoms with Crippen LogP contribution >= 0.6 is 0 Å². The summed E-state index contributed by atoms with van der Waals surface area (Å²) in [6, 6.07) is 6.28. The summed E-state index contributed by atoms with van der Waals surface area (Å²) in [6.45, 7) is 5.14. The molecular formula is C14H21N5. The van der Waals surface area contributed by atoms with Crippen LogP contribution in [0.4, 0.5) is 0 Å². The van der Waals surface area contributed by atoms with E-state index in [0.29, 0.717) is 12.5 Å². The molecular weight excluding hydrogens is 238 g/mol. The smallest absolute Gasteiger partial charge is 0.146 e. The normalized spacial score (nSPS) is 12.8. The second kappa shape index (κ2) is 6.43. The summed E-state index contributed by atoms with van der Waals surface area (Å²) in [4.78, 5) is 4.45. The van der Waals surface area contributed by atoms with Gasteiger partial charge in [-0.25, -0.2) is 0 Å². The average molecular weight is 259 g/mol. The fraction of sp³-hybridized carbons (Fsp3) is 0.500. The quantitative estimate of drug-likeness (QED) is 0.863. The summed E-state index contributed by atoms with van der Waals surface area (Å²) in [7, 11) is 1.95. The number of rotatable bonds is 6. The Morgan fingerprint density at radius 3 is 2.74 bits per heavy atom. The van der Waals surface area contributed by atoms with Crippen molar-refractivity contribution in [3.63, 3.8) is 0 Å². The van der Waals surface area contributed by atoms with Crippen molar-refractivity contribution in [1.29, 1.82) is 0 Å². The molecule has 1 N–H and O–H groups in total. The molecule has 0 aromatic carbocycles. The third kappa shape index (κ3) is 3.86. The molecule has 0 saturated carbocycles. The Bertz CT molecular complexity index is 492. The van der Waals surface area contributed by atoms with Crippen molar-refractivity contribution in [3.8, 4) is 0 Å². The van der Waals surface area contributed by atoms with Crippen molar-refractivity contribution < 1.29 is 0 Å². The topological polar surface area (TPSA) is 55.6 Å². The van der Waals surface area contributed by atoms with E-state index in [4.69, 9.17) is 0 Å². The summed E-state index contributed by atoms with van der Waals surface area (Å²) in [5.41, 5.74) is 1.08. The van der Waals surface area contributed by atoms with Gasteiger partial charge in [0.25, 0.3) is 0 Å². The highest BCUT2D eigenvalue weighted by atomic mass is 15.3. The van der Waals surface area contributed by atoms with Gasteiger partial charge in [-0.1, -0.05) is 19.9 Å². The maximum absolute atomic E-state index is 4.45. The zero-order chi connectivity index (χ0) is 13.7. The minimum absolute atomic E-state index is 0.248. The largest absolute Gasteiger partial charge is 0.320 e. The van der Waals surface area contributed by atoms with Gasteiger partial charge in [-0.2, -0.15) is 0 Å². The first-order chi connectivity index (χ1) is 9.16. The van der Waals surface area contributed by atoms with Gasteiger partial charge in [-0.05, 0) is 24.5 Å². The average Bonchev–Trinajstić information content (AvgIpc) is 2.81. The van der Waals surface area contributed by atoms with E-state index in [-0.39, 0.29) is 6.04 Å². The van der Waals surface area contributed by atoms with Crippen LogP contribution in [-0.2, 0) is 13.6 Å². The molecule has 0 fully saturated rings. The Kier molecular flexibility index (Phi) is 4.63. The minimum Gasteiger partial charge on any atom is -0.320 e. The van der Waals surface area contributed by atoms with Gasteiger partial charge in [0.15, 0.2) is 0 Å². The molecule has 0 bridgehead atoms. The summed E-state index contributed by atoms with van der Waals surface area (Å²) < 4.78 is 1.93. The van der Waals surface area contributed by atoms with Crippen LogP contribution in [0.25, 0.3) is 0 Å². The van der Waals surface area contributed by atoms with Crippen molar-refractivity contribution in [1.82, 2.24) is 25.1 Å². The molecule has 0 radical (unpaired) electrons. The molecule has 2 aromatic rings. The number of nitrogens with zero attached hydrogens (tertiary/aromatic N) is 4. The number of hydrogen-bond acceptors (Lipinski definition) is 4. The molecule has 0 amide bonds. The molecule has 0 spiro atoms. The molecule has 1 unspecified atom stereocenters. The second-order valence-corrected chi connectivity index (χ2v) is 5.18. The van der Waals surface area contributed by atoms with Crippen LogP contribution in [-0.4, -0.2) is 19.7 Å². The second-order valence-electron chi connectivity index (χ2n) is 5.18. The van der Waals surface area contributed by atoms with Crippen molar-refractivity contribution >= 4 is 0 Å². The molecule has 0 aliphatic heterocycles. The van der Waals surface area contributed by atoms with E-state index in [2.05, 4.69) is 40.4 Å². The Morgan fingerprint density at radius 2 is 2.16 bits per heavy atom. The maximum atomic E-state index is 4.45. The first-order valence-corrected chi connectivity index (χ1v) is 6.64. The minimum atomic E-state index is 0.248. The Labute approximate surface area is 114 Å². The SMILES string of the molecule is CC(C)CC(NCc1nncn1C)c1ccccn1. The highest BCUT2D eigenvalue weighted by Crippen LogP contribution is 2.19. The third-order valence-corrected chi connectivity index (χ3v) is 3.06. The highest BCUT2D eigenvalue weighted by Gasteiger charge is 2.14. The van der Waals surface area contributed by atoms with Gasteiger partial charge in [0.05, 0.1) is 18.3 Å². The van der Waals surface area contributed by atoms with Gasteiger partial charge in [-0.3, -0.25) is 4.98 Å². The van der Waals surface area contributed by atoms with Gasteiger partial charge < -0.3 is 9.88 Å². The van der Waals surface area contributed by atoms with Crippen molar-refractivity contribution in [2.24, 2.45) is 13.0 Å². The van der Waals surface area contributed by atoms with Gasteiger partial charge in [0.1, 0.15) is 12.2 Å². The van der Waals surface area contributed by atoms with Gasteiger partial charge in [0, 0.05) is 13.2 Å². The molecule has 5 heteroatoms. The van der Waals surface area contributed by atoms with E-state index in [9.17, 15) is 0 Å². The third-order valence-electron chi connectivity index (χ3n) is 3.06. The van der Waals surface area contributed by atoms with Crippen molar-refractivity contribution in [2.75, 3.05) is 0 Å². The first-order valence-electron chi connectivity index (χ1n) is 6.64. The summed E-state index contributed by atoms with van der Waals surface area (Å²) >= 11 is 0. The molecule has 2 rings (SSSR count). The van der Waals surface area contributed by atoms with Crippen molar-refractivity contribution in [2.45, 2.75) is 32.9 Å². The van der Waals surface area contributed by atoms with Crippen LogP contribution in [0.5, 0.6) is 0 Å². The lowest BCUT2D eigenvalue weighted by molar-refractivity contribution is 0.414. The monoisotopic (exact) mass is 259 g/mol. The van der Waals surface area contributed by atoms with Crippen LogP contribution in [0, 0.1) is 5.92 Å². The van der Waals surface area contributed by atoms with Crippen molar-refractivity contribution in [3.05, 3.63) is 42.2 Å². The van der Waals surface area contributed by atoms with E-state index in [1.807, 2.05) is 29.9 Å². The number of aryl methyl sites for hydroxylation is 1. The molecule has 102 valence electrons. The van der Waals surface area contributed by atoms with E-state index in [0.717, 1.165) is 17.9 Å². The zero-order valence-electron chi connectivity index (χ0n) is 11.7. The fourth-order valence-electron chi connectivity index (χ4n) is 2.04. The molecule has 0 aliphatic rings. The van der Waals surface area contributed by atoms with Crippen LogP contribution in [0.3, 0.4) is 0 Å². The number of hydrogen-bond donors (Lipinski definition) is 1. The predicted octanol–water partition coefficient (Wildman–Crippen LogP) is 2.09. The summed E-state index contributed by atoms with van der Waals surface area (Å²) in [5, 5.41) is 11.5. The van der Waals surface area contributed by atoms with Crippen LogP contribution in [0.1, 0.15) is 37.8 Å². The standard InChI is InChI=1S/C14H21N5/c1-11(2)8-13(12-6-4-5-7-15-12)16-9-14-18-17-10-19(14)3/h4-7,10-11,13,16H,8-9H2,1-3H3. The summed E-state index contributed by atoms with van der Waals surface area (Å²) in [6.07, 6.45) is 4.61. The molecule has 0 aliphatic carbocycles. The lowest BCUT2D eigenvalue weighted by Crippen LogP contribution is -2.24. The van der Waals surface area contributed by atoms with E-state index < -0.39 is 0 Å². The molecule has 2 aromatic heterocycles. The molecule has 1 atom stereocenters. The Morgan fingerprint density at radius 1 is 1.32 bits per heavy atom. The Hall–Kier alpha value is -1.75. The molecule has 19 heavy (non-hydrogen) atoms. The Balaban J connectivity index is 2.04. The van der Waals surface area contributed by atoms with E-state index in [1.165, 1.54) is 0 Å². The lowest BCUT2D eigenvalue weighted by atomic mass is 10.0. The van der Waals surface area contributed by atoms with Gasteiger partial charge >= 0.3 is 0 Å². The van der Waals surface area contributed by atoms with Gasteiger partial charge in [-0.15, -0.1) is 10.2 Å². The zero-order valence-corrected chi connectivity index (χ0v) is 11.7. The summed E-state index contributed by atoms with van der Waals surface area (Å²) in [5.74, 6) is 1.55. The maximum Gasteiger partial charge on any atom is 0.146 e. The lowest BCUT2D eigenvalue weighted by Gasteiger charge is -2.19. The van der Waals surface area contributed by atoms with E-state index in [1.54, 1.807) is 6.33 Å². The molecule has 5 nitrogen and oxygen atoms in total. The molecule has 0 saturated heterocycles. The number of pyridine rings is 1. The highest BCUT2D eigenvalue weighted by molar-refractivity contribution is 5.09. The predicted molar refractivity (Wildman–Crippen MR) is 74.3 cm³/mol. The van der Waals surface area contributed by atoms with Gasteiger partial charge in [0.2, 0.25) is 0 Å². The van der Waals surface area contributed by atoms with E-state index >= 15 is 0 Å². The van der Waals surface area contributed by atoms with Crippen LogP contribution in [0.2, 0.25) is 0 Å². The van der Waals surface area contributed by atoms with Crippen LogP contribution in [0.15, 0.2) is 30.7 Å².